The van der Waals surface area contributed by atoms with Crippen LogP contribution >= 0.6 is 27.3 Å². The Morgan fingerprint density at radius 3 is 2.65 bits per heavy atom. The molecule has 0 fully saturated rings. The molecule has 3 rings (SSSR count). The third kappa shape index (κ3) is 4.03. The number of amides is 1. The van der Waals surface area contributed by atoms with E-state index in [9.17, 15) is 9.18 Å². The normalized spacial score (nSPS) is 10.5. The first-order chi connectivity index (χ1) is 11.1. The smallest absolute Gasteiger partial charge is 0.260 e. The van der Waals surface area contributed by atoms with Crippen molar-refractivity contribution in [2.24, 2.45) is 0 Å². The van der Waals surface area contributed by atoms with E-state index in [0.717, 1.165) is 21.3 Å². The maximum Gasteiger partial charge on any atom is 0.260 e. The number of carbonyl (C=O) groups excluding carboxylic acids is 1. The van der Waals surface area contributed by atoms with E-state index >= 15 is 0 Å². The zero-order chi connectivity index (χ0) is 16.2. The minimum atomic E-state index is -0.545. The summed E-state index contributed by atoms with van der Waals surface area (Å²) in [4.78, 5) is 17.3. The Bertz CT molecular complexity index is 833. The van der Waals surface area contributed by atoms with Gasteiger partial charge < -0.3 is 0 Å². The van der Waals surface area contributed by atoms with E-state index in [2.05, 4.69) is 26.2 Å². The van der Waals surface area contributed by atoms with Crippen molar-refractivity contribution in [3.05, 3.63) is 81.0 Å². The second kappa shape index (κ2) is 7.02. The van der Waals surface area contributed by atoms with Crippen LogP contribution in [0, 0.1) is 5.82 Å². The van der Waals surface area contributed by atoms with Gasteiger partial charge in [0.25, 0.3) is 5.91 Å². The first kappa shape index (κ1) is 15.8. The molecule has 0 unspecified atom stereocenters. The van der Waals surface area contributed by atoms with E-state index < -0.39 is 11.7 Å². The molecular weight excluding hydrogens is 379 g/mol. The van der Waals surface area contributed by atoms with Crippen molar-refractivity contribution in [1.82, 2.24) is 4.98 Å². The molecule has 116 valence electrons. The van der Waals surface area contributed by atoms with E-state index in [1.54, 1.807) is 18.3 Å². The summed E-state index contributed by atoms with van der Waals surface area (Å²) in [5.41, 5.74) is 1.17. The first-order valence-corrected chi connectivity index (χ1v) is 8.48. The van der Waals surface area contributed by atoms with Gasteiger partial charge in [0.05, 0.1) is 5.56 Å². The Morgan fingerprint density at radius 2 is 1.91 bits per heavy atom. The lowest BCUT2D eigenvalue weighted by molar-refractivity contribution is 0.102. The van der Waals surface area contributed by atoms with Crippen LogP contribution in [-0.4, -0.2) is 10.9 Å². The van der Waals surface area contributed by atoms with E-state index in [0.29, 0.717) is 5.13 Å². The van der Waals surface area contributed by atoms with Gasteiger partial charge in [-0.05, 0) is 29.8 Å². The highest BCUT2D eigenvalue weighted by Crippen LogP contribution is 2.23. The molecular formula is C17H12BrFN2OS. The van der Waals surface area contributed by atoms with Crippen LogP contribution in [0.3, 0.4) is 0 Å². The van der Waals surface area contributed by atoms with Crippen molar-refractivity contribution >= 4 is 38.3 Å². The average molecular weight is 391 g/mol. The molecule has 0 aliphatic carbocycles. The predicted molar refractivity (Wildman–Crippen MR) is 93.4 cm³/mol. The maximum atomic E-state index is 13.6. The molecule has 0 spiro atoms. The third-order valence-corrected chi connectivity index (χ3v) is 4.63. The van der Waals surface area contributed by atoms with E-state index in [-0.39, 0.29) is 5.56 Å². The third-order valence-electron chi connectivity index (χ3n) is 3.18. The summed E-state index contributed by atoms with van der Waals surface area (Å²) in [7, 11) is 0. The number of thiazole rings is 1. The number of aromatic nitrogens is 1. The molecule has 0 saturated carbocycles. The largest absolute Gasteiger partial charge is 0.298 e. The lowest BCUT2D eigenvalue weighted by atomic mass is 10.1. The Hall–Kier alpha value is -2.05. The van der Waals surface area contributed by atoms with E-state index in [1.807, 2.05) is 24.3 Å². The summed E-state index contributed by atoms with van der Waals surface area (Å²) >= 11 is 4.79. The topological polar surface area (TPSA) is 42.0 Å². The zero-order valence-electron chi connectivity index (χ0n) is 11.9. The SMILES string of the molecule is O=C(Nc1ncc(Cc2ccc(Br)cc2)s1)c1ccccc1F. The minimum absolute atomic E-state index is 0.0113. The predicted octanol–water partition coefficient (Wildman–Crippen LogP) is 4.89. The van der Waals surface area contributed by atoms with Crippen LogP contribution in [0.2, 0.25) is 0 Å². The minimum Gasteiger partial charge on any atom is -0.298 e. The number of nitrogens with one attached hydrogen (secondary N) is 1. The van der Waals surface area contributed by atoms with Crippen LogP contribution in [0.25, 0.3) is 0 Å². The molecule has 6 heteroatoms. The number of hydrogen-bond acceptors (Lipinski definition) is 3. The number of anilines is 1. The molecule has 1 heterocycles. The molecule has 2 aromatic carbocycles. The molecule has 1 N–H and O–H groups in total. The number of halogens is 2. The molecule has 23 heavy (non-hydrogen) atoms. The van der Waals surface area contributed by atoms with Gasteiger partial charge in [-0.1, -0.05) is 40.2 Å². The molecule has 1 amide bonds. The van der Waals surface area contributed by atoms with Gasteiger partial charge in [0.2, 0.25) is 0 Å². The molecule has 0 aliphatic rings. The lowest BCUT2D eigenvalue weighted by Crippen LogP contribution is -2.13. The van der Waals surface area contributed by atoms with Gasteiger partial charge in [-0.25, -0.2) is 9.37 Å². The molecule has 3 nitrogen and oxygen atoms in total. The molecule has 0 saturated heterocycles. The Kier molecular flexibility index (Phi) is 4.83. The van der Waals surface area contributed by atoms with Gasteiger partial charge in [0.15, 0.2) is 5.13 Å². The monoisotopic (exact) mass is 390 g/mol. The molecule has 0 aliphatic heterocycles. The molecule has 0 bridgehead atoms. The quantitative estimate of drug-likeness (QED) is 0.688. The van der Waals surface area contributed by atoms with Crippen molar-refractivity contribution in [3.8, 4) is 0 Å². The summed E-state index contributed by atoms with van der Waals surface area (Å²) in [5, 5.41) is 3.10. The van der Waals surface area contributed by atoms with Crippen LogP contribution in [0.5, 0.6) is 0 Å². The second-order valence-electron chi connectivity index (χ2n) is 4.87. The summed E-state index contributed by atoms with van der Waals surface area (Å²) in [5.74, 6) is -1.04. The molecule has 0 radical (unpaired) electrons. The van der Waals surface area contributed by atoms with E-state index in [1.165, 1.54) is 23.5 Å². The Morgan fingerprint density at radius 1 is 1.17 bits per heavy atom. The van der Waals surface area contributed by atoms with Gasteiger partial charge in [0.1, 0.15) is 5.82 Å². The number of carbonyl (C=O) groups is 1. The molecule has 0 atom stereocenters. The Balaban J connectivity index is 1.69. The zero-order valence-corrected chi connectivity index (χ0v) is 14.3. The standard InChI is InChI=1S/C17H12BrFN2OS/c18-12-7-5-11(6-8-12)9-13-10-20-17(23-13)21-16(22)14-3-1-2-4-15(14)19/h1-8,10H,9H2,(H,20,21,22). The van der Waals surface area contributed by atoms with Crippen LogP contribution in [-0.2, 0) is 6.42 Å². The number of benzene rings is 2. The fourth-order valence-corrected chi connectivity index (χ4v) is 3.17. The number of nitrogens with zero attached hydrogens (tertiary/aromatic N) is 1. The number of rotatable bonds is 4. The van der Waals surface area contributed by atoms with Gasteiger partial charge >= 0.3 is 0 Å². The van der Waals surface area contributed by atoms with Crippen molar-refractivity contribution in [2.45, 2.75) is 6.42 Å². The summed E-state index contributed by atoms with van der Waals surface area (Å²) < 4.78 is 14.6. The average Bonchev–Trinajstić information content (AvgIpc) is 2.97. The molecule has 3 aromatic rings. The highest BCUT2D eigenvalue weighted by atomic mass is 79.9. The molecule has 1 aromatic heterocycles. The fourth-order valence-electron chi connectivity index (χ4n) is 2.06. The van der Waals surface area contributed by atoms with Crippen LogP contribution in [0.4, 0.5) is 9.52 Å². The maximum absolute atomic E-state index is 13.6. The first-order valence-electron chi connectivity index (χ1n) is 6.87. The highest BCUT2D eigenvalue weighted by Gasteiger charge is 2.13. The van der Waals surface area contributed by atoms with Crippen LogP contribution < -0.4 is 5.32 Å². The van der Waals surface area contributed by atoms with Crippen molar-refractivity contribution in [2.75, 3.05) is 5.32 Å². The second-order valence-corrected chi connectivity index (χ2v) is 6.90. The Labute approximate surface area is 145 Å². The highest BCUT2D eigenvalue weighted by molar-refractivity contribution is 9.10. The van der Waals surface area contributed by atoms with E-state index in [4.69, 9.17) is 0 Å². The van der Waals surface area contributed by atoms with Gasteiger partial charge in [0, 0.05) is 22.0 Å². The lowest BCUT2D eigenvalue weighted by Gasteiger charge is -2.02. The summed E-state index contributed by atoms with van der Waals surface area (Å²) in [6, 6.07) is 13.9. The number of hydrogen-bond donors (Lipinski definition) is 1. The van der Waals surface area contributed by atoms with Gasteiger partial charge in [-0.2, -0.15) is 0 Å². The van der Waals surface area contributed by atoms with Crippen molar-refractivity contribution in [3.63, 3.8) is 0 Å². The van der Waals surface area contributed by atoms with Crippen LogP contribution in [0.15, 0.2) is 59.2 Å². The van der Waals surface area contributed by atoms with Crippen LogP contribution in [0.1, 0.15) is 20.8 Å². The van der Waals surface area contributed by atoms with Gasteiger partial charge in [-0.3, -0.25) is 10.1 Å². The van der Waals surface area contributed by atoms with Crippen molar-refractivity contribution in [1.29, 1.82) is 0 Å². The fraction of sp³-hybridized carbons (Fsp3) is 0.0588. The van der Waals surface area contributed by atoms with Crippen molar-refractivity contribution < 1.29 is 9.18 Å². The summed E-state index contributed by atoms with van der Waals surface area (Å²) in [6.45, 7) is 0. The van der Waals surface area contributed by atoms with Gasteiger partial charge in [-0.15, -0.1) is 11.3 Å². The summed E-state index contributed by atoms with van der Waals surface area (Å²) in [6.07, 6.45) is 2.46.